The molecule has 0 unspecified atom stereocenters. The fourth-order valence-corrected chi connectivity index (χ4v) is 3.52. The number of hydrogen-bond acceptors (Lipinski definition) is 5. The number of hydrogen-bond donors (Lipinski definition) is 0. The summed E-state index contributed by atoms with van der Waals surface area (Å²) in [5.41, 5.74) is 1.76. The predicted molar refractivity (Wildman–Crippen MR) is 104 cm³/mol. The molecule has 0 saturated heterocycles. The van der Waals surface area contributed by atoms with Crippen molar-refractivity contribution in [3.8, 4) is 11.4 Å². The van der Waals surface area contributed by atoms with Gasteiger partial charge in [0.25, 0.3) is 0 Å². The lowest BCUT2D eigenvalue weighted by atomic mass is 10.3. The van der Waals surface area contributed by atoms with Crippen LogP contribution in [0.2, 0.25) is 0 Å². The molecule has 2 aromatic carbocycles. The molecule has 27 heavy (non-hydrogen) atoms. The SMILES string of the molecule is Fc1ccc(OCCCSc2ncnc3c2cnn3-c2ccccc2)cc1. The van der Waals surface area contributed by atoms with E-state index in [2.05, 4.69) is 15.1 Å². The normalized spacial score (nSPS) is 11.0. The Bertz CT molecular complexity index is 1020. The summed E-state index contributed by atoms with van der Waals surface area (Å²) in [6.45, 7) is 0.566. The number of fused-ring (bicyclic) bond motifs is 1. The van der Waals surface area contributed by atoms with Gasteiger partial charge >= 0.3 is 0 Å². The highest BCUT2D eigenvalue weighted by Gasteiger charge is 2.11. The number of benzene rings is 2. The molecule has 0 N–H and O–H groups in total. The maximum Gasteiger partial charge on any atom is 0.167 e. The number of halogens is 1. The molecule has 136 valence electrons. The van der Waals surface area contributed by atoms with Crippen molar-refractivity contribution in [3.63, 3.8) is 0 Å². The van der Waals surface area contributed by atoms with Crippen LogP contribution in [-0.4, -0.2) is 32.1 Å². The van der Waals surface area contributed by atoms with E-state index in [0.717, 1.165) is 33.9 Å². The maximum absolute atomic E-state index is 12.9. The summed E-state index contributed by atoms with van der Waals surface area (Å²) in [7, 11) is 0. The van der Waals surface area contributed by atoms with Crippen molar-refractivity contribution in [1.82, 2.24) is 19.7 Å². The number of aromatic nitrogens is 4. The Morgan fingerprint density at radius 2 is 1.81 bits per heavy atom. The Hall–Kier alpha value is -2.93. The van der Waals surface area contributed by atoms with E-state index in [4.69, 9.17) is 4.74 Å². The van der Waals surface area contributed by atoms with Gasteiger partial charge in [-0.25, -0.2) is 19.0 Å². The Balaban J connectivity index is 1.38. The van der Waals surface area contributed by atoms with E-state index in [1.54, 1.807) is 36.4 Å². The second-order valence-corrected chi connectivity index (χ2v) is 6.90. The molecule has 7 heteroatoms. The van der Waals surface area contributed by atoms with Crippen LogP contribution in [0.4, 0.5) is 4.39 Å². The third kappa shape index (κ3) is 4.09. The highest BCUT2D eigenvalue weighted by Crippen LogP contribution is 2.26. The molecule has 0 aliphatic heterocycles. The molecule has 0 saturated carbocycles. The fourth-order valence-electron chi connectivity index (χ4n) is 2.64. The van der Waals surface area contributed by atoms with Gasteiger partial charge < -0.3 is 4.74 Å². The van der Waals surface area contributed by atoms with Crippen molar-refractivity contribution in [2.75, 3.05) is 12.4 Å². The Morgan fingerprint density at radius 3 is 2.63 bits per heavy atom. The lowest BCUT2D eigenvalue weighted by molar-refractivity contribution is 0.318. The molecule has 4 aromatic rings. The Labute approximate surface area is 160 Å². The monoisotopic (exact) mass is 380 g/mol. The summed E-state index contributed by atoms with van der Waals surface area (Å²) in [5.74, 6) is 1.26. The number of nitrogens with zero attached hydrogens (tertiary/aromatic N) is 4. The number of ether oxygens (including phenoxy) is 1. The highest BCUT2D eigenvalue weighted by molar-refractivity contribution is 7.99. The van der Waals surface area contributed by atoms with Gasteiger partial charge in [-0.2, -0.15) is 5.10 Å². The van der Waals surface area contributed by atoms with Crippen LogP contribution in [0.25, 0.3) is 16.7 Å². The standard InChI is InChI=1S/C20H17FN4OS/c21-15-7-9-17(10-8-15)26-11-4-12-27-20-18-13-24-25(19(18)22-14-23-20)16-5-2-1-3-6-16/h1-3,5-10,13-14H,4,11-12H2. The molecule has 2 heterocycles. The first-order chi connectivity index (χ1) is 13.3. The molecule has 2 aromatic heterocycles. The van der Waals surface area contributed by atoms with Gasteiger partial charge in [0.2, 0.25) is 0 Å². The molecule has 0 fully saturated rings. The summed E-state index contributed by atoms with van der Waals surface area (Å²) in [6.07, 6.45) is 4.22. The minimum atomic E-state index is -0.262. The first-order valence-corrected chi connectivity index (χ1v) is 9.55. The molecular weight excluding hydrogens is 363 g/mol. The second-order valence-electron chi connectivity index (χ2n) is 5.81. The summed E-state index contributed by atoms with van der Waals surface area (Å²) < 4.78 is 20.3. The topological polar surface area (TPSA) is 52.8 Å². The van der Waals surface area contributed by atoms with E-state index in [-0.39, 0.29) is 5.82 Å². The van der Waals surface area contributed by atoms with Crippen molar-refractivity contribution in [3.05, 3.63) is 72.9 Å². The van der Waals surface area contributed by atoms with Gasteiger partial charge in [0.05, 0.1) is 23.9 Å². The van der Waals surface area contributed by atoms with Crippen LogP contribution in [0.3, 0.4) is 0 Å². The molecule has 5 nitrogen and oxygen atoms in total. The largest absolute Gasteiger partial charge is 0.494 e. The van der Waals surface area contributed by atoms with Crippen LogP contribution in [0.5, 0.6) is 5.75 Å². The quantitative estimate of drug-likeness (QED) is 0.268. The molecule has 0 aliphatic carbocycles. The van der Waals surface area contributed by atoms with E-state index < -0.39 is 0 Å². The highest BCUT2D eigenvalue weighted by atomic mass is 32.2. The van der Waals surface area contributed by atoms with Crippen molar-refractivity contribution in [1.29, 1.82) is 0 Å². The zero-order valence-electron chi connectivity index (χ0n) is 14.5. The second kappa shape index (κ2) is 8.18. The van der Waals surface area contributed by atoms with Gasteiger partial charge in [0.1, 0.15) is 22.9 Å². The lowest BCUT2D eigenvalue weighted by Crippen LogP contribution is -1.99. The molecule has 0 atom stereocenters. The molecule has 0 amide bonds. The average molecular weight is 380 g/mol. The summed E-state index contributed by atoms with van der Waals surface area (Å²) in [5, 5.41) is 6.31. The smallest absolute Gasteiger partial charge is 0.167 e. The number of rotatable bonds is 7. The maximum atomic E-state index is 12.9. The van der Waals surface area contributed by atoms with Crippen molar-refractivity contribution in [2.45, 2.75) is 11.4 Å². The van der Waals surface area contributed by atoms with E-state index in [1.807, 2.05) is 35.0 Å². The van der Waals surface area contributed by atoms with Crippen molar-refractivity contribution < 1.29 is 9.13 Å². The summed E-state index contributed by atoms with van der Waals surface area (Å²) >= 11 is 1.65. The third-order valence-electron chi connectivity index (χ3n) is 3.94. The first-order valence-electron chi connectivity index (χ1n) is 8.56. The van der Waals surface area contributed by atoms with Crippen LogP contribution in [0.1, 0.15) is 6.42 Å². The lowest BCUT2D eigenvalue weighted by Gasteiger charge is -2.06. The van der Waals surface area contributed by atoms with Gasteiger partial charge in [0, 0.05) is 5.75 Å². The molecule has 0 spiro atoms. The Morgan fingerprint density at radius 1 is 1.00 bits per heavy atom. The summed E-state index contributed by atoms with van der Waals surface area (Å²) in [6, 6.07) is 16.0. The average Bonchev–Trinajstić information content (AvgIpc) is 3.15. The zero-order valence-corrected chi connectivity index (χ0v) is 15.3. The summed E-state index contributed by atoms with van der Waals surface area (Å²) in [4.78, 5) is 8.79. The zero-order chi connectivity index (χ0) is 18.5. The van der Waals surface area contributed by atoms with Crippen LogP contribution in [0, 0.1) is 5.82 Å². The van der Waals surface area contributed by atoms with E-state index in [0.29, 0.717) is 12.4 Å². The van der Waals surface area contributed by atoms with Crippen LogP contribution >= 0.6 is 11.8 Å². The Kier molecular flexibility index (Phi) is 5.29. The molecule has 0 aliphatic rings. The minimum absolute atomic E-state index is 0.262. The van der Waals surface area contributed by atoms with E-state index in [1.165, 1.54) is 12.1 Å². The third-order valence-corrected chi connectivity index (χ3v) is 5.03. The van der Waals surface area contributed by atoms with Crippen LogP contribution in [0.15, 0.2) is 72.1 Å². The fraction of sp³-hybridized carbons (Fsp3) is 0.150. The van der Waals surface area contributed by atoms with Gasteiger partial charge in [-0.3, -0.25) is 0 Å². The van der Waals surface area contributed by atoms with E-state index in [9.17, 15) is 4.39 Å². The van der Waals surface area contributed by atoms with Gasteiger partial charge in [-0.05, 0) is 42.8 Å². The predicted octanol–water partition coefficient (Wildman–Crippen LogP) is 4.52. The van der Waals surface area contributed by atoms with Crippen LogP contribution < -0.4 is 4.74 Å². The molecule has 0 bridgehead atoms. The number of thioether (sulfide) groups is 1. The molecular formula is C20H17FN4OS. The molecule has 0 radical (unpaired) electrons. The first kappa shape index (κ1) is 17.5. The van der Waals surface area contributed by atoms with Gasteiger partial charge in [-0.1, -0.05) is 18.2 Å². The van der Waals surface area contributed by atoms with E-state index >= 15 is 0 Å². The van der Waals surface area contributed by atoms with Gasteiger partial charge in [0.15, 0.2) is 5.65 Å². The number of para-hydroxylation sites is 1. The van der Waals surface area contributed by atoms with Crippen molar-refractivity contribution >= 4 is 22.8 Å². The molecule has 4 rings (SSSR count). The van der Waals surface area contributed by atoms with Gasteiger partial charge in [-0.15, -0.1) is 11.8 Å². The van der Waals surface area contributed by atoms with Crippen LogP contribution in [-0.2, 0) is 0 Å². The minimum Gasteiger partial charge on any atom is -0.494 e. The van der Waals surface area contributed by atoms with Crippen molar-refractivity contribution in [2.24, 2.45) is 0 Å².